The zero-order chi connectivity index (χ0) is 13.0. The number of pyridine rings is 1. The monoisotopic (exact) mass is 247 g/mol. The molecule has 1 fully saturated rings. The van der Waals surface area contributed by atoms with E-state index in [4.69, 9.17) is 0 Å². The van der Waals surface area contributed by atoms with Crippen molar-refractivity contribution in [3.8, 4) is 0 Å². The second-order valence-electron chi connectivity index (χ2n) is 5.50. The number of rotatable bonds is 4. The van der Waals surface area contributed by atoms with E-state index >= 15 is 0 Å². The summed E-state index contributed by atoms with van der Waals surface area (Å²) in [6, 6.07) is 2.91. The number of hydrogen-bond donors (Lipinski definition) is 1. The minimum absolute atomic E-state index is 0.657. The molecular formula is C15H25N3. The maximum atomic E-state index is 4.30. The molecule has 18 heavy (non-hydrogen) atoms. The van der Waals surface area contributed by atoms with E-state index in [0.717, 1.165) is 32.1 Å². The van der Waals surface area contributed by atoms with E-state index in [1.54, 1.807) is 0 Å². The lowest BCUT2D eigenvalue weighted by atomic mass is 9.95. The van der Waals surface area contributed by atoms with Gasteiger partial charge in [-0.25, -0.2) is 0 Å². The normalized spacial score (nSPS) is 22.9. The summed E-state index contributed by atoms with van der Waals surface area (Å²) in [5.74, 6) is 0.746. The minimum atomic E-state index is 0.657. The van der Waals surface area contributed by atoms with E-state index in [1.165, 1.54) is 17.5 Å². The van der Waals surface area contributed by atoms with Crippen molar-refractivity contribution in [2.45, 2.75) is 39.8 Å². The molecule has 1 aromatic rings. The largest absolute Gasteiger partial charge is 0.314 e. The summed E-state index contributed by atoms with van der Waals surface area (Å²) in [6.07, 6.45) is 5.17. The highest BCUT2D eigenvalue weighted by molar-refractivity contribution is 5.16. The number of aromatic nitrogens is 1. The van der Waals surface area contributed by atoms with Crippen molar-refractivity contribution in [1.82, 2.24) is 15.2 Å². The van der Waals surface area contributed by atoms with Crippen molar-refractivity contribution in [1.29, 1.82) is 0 Å². The zero-order valence-electron chi connectivity index (χ0n) is 11.8. The van der Waals surface area contributed by atoms with E-state index < -0.39 is 0 Å². The van der Waals surface area contributed by atoms with E-state index in [-0.39, 0.29) is 0 Å². The second kappa shape index (κ2) is 6.30. The summed E-state index contributed by atoms with van der Waals surface area (Å²) in [4.78, 5) is 6.91. The minimum Gasteiger partial charge on any atom is -0.314 e. The van der Waals surface area contributed by atoms with Crippen LogP contribution in [0.2, 0.25) is 0 Å². The van der Waals surface area contributed by atoms with Gasteiger partial charge in [0, 0.05) is 44.6 Å². The van der Waals surface area contributed by atoms with Gasteiger partial charge in [0.15, 0.2) is 0 Å². The maximum Gasteiger partial charge on any atom is 0.0313 e. The fourth-order valence-electron chi connectivity index (χ4n) is 2.74. The van der Waals surface area contributed by atoms with Gasteiger partial charge in [0.1, 0.15) is 0 Å². The molecule has 0 spiro atoms. The topological polar surface area (TPSA) is 28.2 Å². The summed E-state index contributed by atoms with van der Waals surface area (Å²) in [5, 5.41) is 3.52. The van der Waals surface area contributed by atoms with Crippen molar-refractivity contribution in [2.75, 3.05) is 19.6 Å². The van der Waals surface area contributed by atoms with Gasteiger partial charge >= 0.3 is 0 Å². The van der Waals surface area contributed by atoms with Gasteiger partial charge < -0.3 is 5.32 Å². The van der Waals surface area contributed by atoms with Crippen molar-refractivity contribution < 1.29 is 0 Å². The van der Waals surface area contributed by atoms with E-state index in [9.17, 15) is 0 Å². The van der Waals surface area contributed by atoms with Gasteiger partial charge in [-0.3, -0.25) is 9.88 Å². The highest BCUT2D eigenvalue weighted by Crippen LogP contribution is 2.19. The Morgan fingerprint density at radius 1 is 1.50 bits per heavy atom. The SMILES string of the molecule is CCC(C)C1CNCCN1Cc1cncc(C)c1. The molecule has 3 heteroatoms. The van der Waals surface area contributed by atoms with Crippen LogP contribution in [0, 0.1) is 12.8 Å². The van der Waals surface area contributed by atoms with Crippen molar-refractivity contribution in [3.63, 3.8) is 0 Å². The first-order valence-electron chi connectivity index (χ1n) is 7.06. The number of nitrogens with zero attached hydrogens (tertiary/aromatic N) is 2. The fraction of sp³-hybridized carbons (Fsp3) is 0.667. The molecule has 2 rings (SSSR count). The summed E-state index contributed by atoms with van der Waals surface area (Å²) in [6.45, 7) is 11.2. The Balaban J connectivity index is 2.05. The maximum absolute atomic E-state index is 4.30. The predicted molar refractivity (Wildman–Crippen MR) is 75.5 cm³/mol. The third-order valence-electron chi connectivity index (χ3n) is 4.02. The van der Waals surface area contributed by atoms with E-state index in [2.05, 4.69) is 42.0 Å². The average Bonchev–Trinajstić information content (AvgIpc) is 2.38. The molecule has 0 aromatic carbocycles. The average molecular weight is 247 g/mol. The Labute approximate surface area is 111 Å². The van der Waals surface area contributed by atoms with Crippen LogP contribution in [-0.2, 0) is 6.54 Å². The summed E-state index contributed by atoms with van der Waals surface area (Å²) in [5.41, 5.74) is 2.59. The lowest BCUT2D eigenvalue weighted by Crippen LogP contribution is -2.53. The van der Waals surface area contributed by atoms with Gasteiger partial charge in [0.2, 0.25) is 0 Å². The Kier molecular flexibility index (Phi) is 4.72. The molecule has 1 aromatic heterocycles. The van der Waals surface area contributed by atoms with Crippen LogP contribution >= 0.6 is 0 Å². The lowest BCUT2D eigenvalue weighted by Gasteiger charge is -2.39. The van der Waals surface area contributed by atoms with E-state index in [1.807, 2.05) is 12.4 Å². The molecule has 2 atom stereocenters. The zero-order valence-corrected chi connectivity index (χ0v) is 11.8. The van der Waals surface area contributed by atoms with Crippen LogP contribution in [0.15, 0.2) is 18.5 Å². The molecule has 1 aliphatic rings. The molecule has 100 valence electrons. The smallest absolute Gasteiger partial charge is 0.0313 e. The van der Waals surface area contributed by atoms with Crippen LogP contribution in [0.3, 0.4) is 0 Å². The fourth-order valence-corrected chi connectivity index (χ4v) is 2.74. The van der Waals surface area contributed by atoms with Crippen molar-refractivity contribution in [3.05, 3.63) is 29.6 Å². The number of piperazine rings is 1. The van der Waals surface area contributed by atoms with Crippen LogP contribution in [0.5, 0.6) is 0 Å². The third-order valence-corrected chi connectivity index (χ3v) is 4.02. The molecule has 1 aliphatic heterocycles. The van der Waals surface area contributed by atoms with Crippen molar-refractivity contribution >= 4 is 0 Å². The lowest BCUT2D eigenvalue weighted by molar-refractivity contribution is 0.109. The molecule has 0 aliphatic carbocycles. The van der Waals surface area contributed by atoms with Gasteiger partial charge in [-0.1, -0.05) is 26.3 Å². The molecule has 1 saturated heterocycles. The van der Waals surface area contributed by atoms with Crippen LogP contribution < -0.4 is 5.32 Å². The van der Waals surface area contributed by atoms with Gasteiger partial charge in [-0.05, 0) is 24.0 Å². The number of nitrogens with one attached hydrogen (secondary N) is 1. The first kappa shape index (κ1) is 13.5. The van der Waals surface area contributed by atoms with Crippen LogP contribution in [0.25, 0.3) is 0 Å². The Morgan fingerprint density at radius 3 is 3.06 bits per heavy atom. The van der Waals surface area contributed by atoms with Gasteiger partial charge in [0.25, 0.3) is 0 Å². The molecule has 2 unspecified atom stereocenters. The summed E-state index contributed by atoms with van der Waals surface area (Å²) >= 11 is 0. The molecule has 0 bridgehead atoms. The molecule has 2 heterocycles. The van der Waals surface area contributed by atoms with Gasteiger partial charge in [0.05, 0.1) is 0 Å². The molecule has 3 nitrogen and oxygen atoms in total. The first-order chi connectivity index (χ1) is 8.70. The quantitative estimate of drug-likeness (QED) is 0.884. The molecule has 0 amide bonds. The number of aryl methyl sites for hydroxylation is 1. The number of hydrogen-bond acceptors (Lipinski definition) is 3. The Hall–Kier alpha value is -0.930. The summed E-state index contributed by atoms with van der Waals surface area (Å²) < 4.78 is 0. The van der Waals surface area contributed by atoms with Gasteiger partial charge in [-0.15, -0.1) is 0 Å². The standard InChI is InChI=1S/C15H25N3/c1-4-13(3)15-10-16-5-6-18(15)11-14-7-12(2)8-17-9-14/h7-9,13,15-16H,4-6,10-11H2,1-3H3. The van der Waals surface area contributed by atoms with E-state index in [0.29, 0.717) is 6.04 Å². The van der Waals surface area contributed by atoms with Crippen molar-refractivity contribution in [2.24, 2.45) is 5.92 Å². The summed E-state index contributed by atoms with van der Waals surface area (Å²) in [7, 11) is 0. The molecule has 0 radical (unpaired) electrons. The first-order valence-corrected chi connectivity index (χ1v) is 7.06. The third kappa shape index (κ3) is 3.30. The highest BCUT2D eigenvalue weighted by Gasteiger charge is 2.26. The van der Waals surface area contributed by atoms with Crippen LogP contribution in [-0.4, -0.2) is 35.6 Å². The van der Waals surface area contributed by atoms with Gasteiger partial charge in [-0.2, -0.15) is 0 Å². The van der Waals surface area contributed by atoms with Crippen LogP contribution in [0.1, 0.15) is 31.4 Å². The predicted octanol–water partition coefficient (Wildman–Crippen LogP) is 2.21. The highest BCUT2D eigenvalue weighted by atomic mass is 15.2. The van der Waals surface area contributed by atoms with Crippen LogP contribution in [0.4, 0.5) is 0 Å². The Morgan fingerprint density at radius 2 is 2.33 bits per heavy atom. The molecule has 1 N–H and O–H groups in total. The second-order valence-corrected chi connectivity index (χ2v) is 5.50. The molecular weight excluding hydrogens is 222 g/mol. The molecule has 0 saturated carbocycles. The Bertz CT molecular complexity index is 378.